The Kier molecular flexibility index (Phi) is 5.78. The van der Waals surface area contributed by atoms with Gasteiger partial charge in [0, 0.05) is 0 Å². The van der Waals surface area contributed by atoms with Crippen molar-refractivity contribution in [1.29, 1.82) is 0 Å². The molecular formula is C22H23FN2O3. The number of hydrogen-bond donors (Lipinski definition) is 0. The predicted octanol–water partition coefficient (Wildman–Crippen LogP) is 5.06. The molecule has 0 unspecified atom stereocenters. The van der Waals surface area contributed by atoms with Gasteiger partial charge in [0.15, 0.2) is 5.82 Å². The number of benzene rings is 2. The van der Waals surface area contributed by atoms with E-state index in [0.717, 1.165) is 33.5 Å². The zero-order chi connectivity index (χ0) is 20.3. The van der Waals surface area contributed by atoms with E-state index in [1.54, 1.807) is 32.4 Å². The molecule has 0 N–H and O–H groups in total. The summed E-state index contributed by atoms with van der Waals surface area (Å²) in [6, 6.07) is 11.1. The smallest absolute Gasteiger partial charge is 0.228 e. The van der Waals surface area contributed by atoms with Crippen molar-refractivity contribution in [1.82, 2.24) is 9.97 Å². The van der Waals surface area contributed by atoms with Gasteiger partial charge in [-0.15, -0.1) is 0 Å². The summed E-state index contributed by atoms with van der Waals surface area (Å²) < 4.78 is 28.6. The Bertz CT molecular complexity index is 1010. The Morgan fingerprint density at radius 1 is 0.929 bits per heavy atom. The molecule has 0 aliphatic carbocycles. The van der Waals surface area contributed by atoms with Crippen LogP contribution in [0.2, 0.25) is 0 Å². The first kappa shape index (κ1) is 19.6. The number of rotatable bonds is 6. The second-order valence-corrected chi connectivity index (χ2v) is 6.46. The number of methoxy groups -OCH3 is 2. The predicted molar refractivity (Wildman–Crippen MR) is 107 cm³/mol. The number of halogens is 1. The molecule has 0 saturated heterocycles. The van der Waals surface area contributed by atoms with Gasteiger partial charge < -0.3 is 14.2 Å². The number of alkyl halides is 1. The molecule has 0 bridgehead atoms. The van der Waals surface area contributed by atoms with E-state index in [9.17, 15) is 4.39 Å². The Morgan fingerprint density at radius 2 is 1.71 bits per heavy atom. The molecule has 28 heavy (non-hydrogen) atoms. The summed E-state index contributed by atoms with van der Waals surface area (Å²) in [7, 11) is 3.20. The fourth-order valence-corrected chi connectivity index (χ4v) is 3.32. The van der Waals surface area contributed by atoms with Gasteiger partial charge in [-0.05, 0) is 55.7 Å². The highest BCUT2D eigenvalue weighted by Crippen LogP contribution is 2.38. The molecule has 0 atom stereocenters. The standard InChI is InChI=1S/C22H23FN2O3/c1-13-9-14(2)19(18(10-13)26-4)21-24-15(3)20(22(25-21)27-5)16-7-6-8-17(11-16)28-12-23/h6-11H,12H2,1-5H3. The van der Waals surface area contributed by atoms with E-state index in [0.29, 0.717) is 23.2 Å². The van der Waals surface area contributed by atoms with Crippen LogP contribution in [0, 0.1) is 20.8 Å². The van der Waals surface area contributed by atoms with E-state index in [1.165, 1.54) is 0 Å². The van der Waals surface area contributed by atoms with Crippen molar-refractivity contribution in [2.24, 2.45) is 0 Å². The van der Waals surface area contributed by atoms with E-state index in [1.807, 2.05) is 32.9 Å². The van der Waals surface area contributed by atoms with Gasteiger partial charge in [0.25, 0.3) is 0 Å². The normalized spacial score (nSPS) is 10.6. The summed E-state index contributed by atoms with van der Waals surface area (Å²) in [5.74, 6) is 2.11. The lowest BCUT2D eigenvalue weighted by atomic mass is 10.0. The molecule has 3 aromatic rings. The molecule has 1 aromatic heterocycles. The molecule has 6 heteroatoms. The highest BCUT2D eigenvalue weighted by molar-refractivity contribution is 5.76. The molecule has 146 valence electrons. The van der Waals surface area contributed by atoms with Gasteiger partial charge in [0.1, 0.15) is 11.5 Å². The summed E-state index contributed by atoms with van der Waals surface area (Å²) in [5.41, 5.74) is 5.21. The van der Waals surface area contributed by atoms with Crippen LogP contribution in [-0.2, 0) is 0 Å². The fourth-order valence-electron chi connectivity index (χ4n) is 3.32. The number of aromatic nitrogens is 2. The van der Waals surface area contributed by atoms with E-state index >= 15 is 0 Å². The Hall–Kier alpha value is -3.15. The molecular weight excluding hydrogens is 359 g/mol. The van der Waals surface area contributed by atoms with Gasteiger partial charge in [-0.2, -0.15) is 4.98 Å². The lowest BCUT2D eigenvalue weighted by Crippen LogP contribution is -2.03. The minimum atomic E-state index is -0.887. The van der Waals surface area contributed by atoms with Gasteiger partial charge >= 0.3 is 0 Å². The van der Waals surface area contributed by atoms with Crippen molar-refractivity contribution in [2.75, 3.05) is 21.1 Å². The number of nitrogens with zero attached hydrogens (tertiary/aromatic N) is 2. The van der Waals surface area contributed by atoms with Gasteiger partial charge in [0.05, 0.1) is 31.0 Å². The molecule has 2 aromatic carbocycles. The Balaban J connectivity index is 2.18. The SMILES string of the molecule is COc1cc(C)cc(C)c1-c1nc(C)c(-c2cccc(OCF)c2)c(OC)n1. The van der Waals surface area contributed by atoms with Crippen molar-refractivity contribution in [3.8, 4) is 39.9 Å². The van der Waals surface area contributed by atoms with E-state index in [4.69, 9.17) is 19.2 Å². The molecule has 0 amide bonds. The quantitative estimate of drug-likeness (QED) is 0.596. The molecule has 5 nitrogen and oxygen atoms in total. The first-order valence-electron chi connectivity index (χ1n) is 8.86. The fraction of sp³-hybridized carbons (Fsp3) is 0.273. The van der Waals surface area contributed by atoms with Gasteiger partial charge in [-0.3, -0.25) is 0 Å². The van der Waals surface area contributed by atoms with Crippen molar-refractivity contribution in [3.63, 3.8) is 0 Å². The van der Waals surface area contributed by atoms with Gasteiger partial charge in [-0.1, -0.05) is 18.2 Å². The van der Waals surface area contributed by atoms with Gasteiger partial charge in [-0.25, -0.2) is 9.37 Å². The molecule has 0 saturated carbocycles. The topological polar surface area (TPSA) is 53.5 Å². The molecule has 0 spiro atoms. The third-order valence-corrected chi connectivity index (χ3v) is 4.48. The zero-order valence-electron chi connectivity index (χ0n) is 16.7. The summed E-state index contributed by atoms with van der Waals surface area (Å²) in [6.07, 6.45) is 0. The average molecular weight is 382 g/mol. The number of hydrogen-bond acceptors (Lipinski definition) is 5. The average Bonchev–Trinajstić information content (AvgIpc) is 2.67. The monoisotopic (exact) mass is 382 g/mol. The molecule has 0 aliphatic rings. The van der Waals surface area contributed by atoms with E-state index in [2.05, 4.69) is 11.1 Å². The van der Waals surface area contributed by atoms with Gasteiger partial charge in [0.2, 0.25) is 12.7 Å². The Labute approximate surface area is 164 Å². The molecule has 0 fully saturated rings. The molecule has 3 rings (SSSR count). The minimum absolute atomic E-state index is 0.432. The first-order valence-corrected chi connectivity index (χ1v) is 8.86. The highest BCUT2D eigenvalue weighted by Gasteiger charge is 2.19. The lowest BCUT2D eigenvalue weighted by molar-refractivity contribution is 0.192. The van der Waals surface area contributed by atoms with Crippen LogP contribution in [0.3, 0.4) is 0 Å². The molecule has 0 aliphatic heterocycles. The maximum Gasteiger partial charge on any atom is 0.228 e. The second kappa shape index (κ2) is 8.25. The third kappa shape index (κ3) is 3.76. The van der Waals surface area contributed by atoms with Crippen molar-refractivity contribution in [2.45, 2.75) is 20.8 Å². The minimum Gasteiger partial charge on any atom is -0.496 e. The van der Waals surface area contributed by atoms with Crippen LogP contribution in [0.1, 0.15) is 16.8 Å². The van der Waals surface area contributed by atoms with Crippen LogP contribution in [0.25, 0.3) is 22.5 Å². The van der Waals surface area contributed by atoms with Crippen molar-refractivity contribution >= 4 is 0 Å². The summed E-state index contributed by atoms with van der Waals surface area (Å²) in [6.45, 7) is 5.02. The van der Waals surface area contributed by atoms with Crippen LogP contribution in [0.15, 0.2) is 36.4 Å². The van der Waals surface area contributed by atoms with Crippen molar-refractivity contribution < 1.29 is 18.6 Å². The van der Waals surface area contributed by atoms with E-state index in [-0.39, 0.29) is 0 Å². The molecule has 1 heterocycles. The first-order chi connectivity index (χ1) is 13.5. The Morgan fingerprint density at radius 3 is 2.39 bits per heavy atom. The van der Waals surface area contributed by atoms with Crippen LogP contribution < -0.4 is 14.2 Å². The largest absolute Gasteiger partial charge is 0.496 e. The highest BCUT2D eigenvalue weighted by atomic mass is 19.1. The zero-order valence-corrected chi connectivity index (χ0v) is 16.7. The van der Waals surface area contributed by atoms with Crippen LogP contribution in [0.5, 0.6) is 17.4 Å². The van der Waals surface area contributed by atoms with E-state index < -0.39 is 6.86 Å². The summed E-state index contributed by atoms with van der Waals surface area (Å²) in [5, 5.41) is 0. The van der Waals surface area contributed by atoms with Crippen LogP contribution >= 0.6 is 0 Å². The summed E-state index contributed by atoms with van der Waals surface area (Å²) in [4.78, 5) is 9.36. The maximum atomic E-state index is 12.5. The number of ether oxygens (including phenoxy) is 3. The molecule has 0 radical (unpaired) electrons. The third-order valence-electron chi connectivity index (χ3n) is 4.48. The summed E-state index contributed by atoms with van der Waals surface area (Å²) >= 11 is 0. The number of aryl methyl sites for hydroxylation is 3. The van der Waals surface area contributed by atoms with Crippen molar-refractivity contribution in [3.05, 3.63) is 53.2 Å². The lowest BCUT2D eigenvalue weighted by Gasteiger charge is -2.16. The maximum absolute atomic E-state index is 12.5. The van der Waals surface area contributed by atoms with Crippen LogP contribution in [-0.4, -0.2) is 31.0 Å². The second-order valence-electron chi connectivity index (χ2n) is 6.46. The van der Waals surface area contributed by atoms with Crippen LogP contribution in [0.4, 0.5) is 4.39 Å².